The van der Waals surface area contributed by atoms with Crippen LogP contribution in [0.5, 0.6) is 0 Å². The van der Waals surface area contributed by atoms with Gasteiger partial charge in [0.05, 0.1) is 5.52 Å². The first-order valence-corrected chi connectivity index (χ1v) is 6.89. The Morgan fingerprint density at radius 3 is 2.89 bits per heavy atom. The molecule has 1 N–H and O–H groups in total. The molecule has 1 aliphatic rings. The summed E-state index contributed by atoms with van der Waals surface area (Å²) in [6.45, 7) is 4.52. The predicted octanol–water partition coefficient (Wildman–Crippen LogP) is 3.48. The van der Waals surface area contributed by atoms with Crippen LogP contribution in [0.15, 0.2) is 36.4 Å². The zero-order valence-electron chi connectivity index (χ0n) is 11.1. The van der Waals surface area contributed by atoms with E-state index in [1.54, 1.807) is 0 Å². The fourth-order valence-corrected chi connectivity index (χ4v) is 3.11. The second-order valence-electron chi connectivity index (χ2n) is 5.35. The largest absolute Gasteiger partial charge is 0.311 e. The molecule has 0 radical (unpaired) electrons. The van der Waals surface area contributed by atoms with E-state index in [0.29, 0.717) is 18.0 Å². The number of nitrogens with zero attached hydrogens (tertiary/aromatic N) is 1. The maximum atomic E-state index is 4.85. The highest BCUT2D eigenvalue weighted by molar-refractivity contribution is 5.78. The SMILES string of the molecule is CCC1NC(C)CC1c1ccc2ccccc2n1. The van der Waals surface area contributed by atoms with Crippen LogP contribution >= 0.6 is 0 Å². The van der Waals surface area contributed by atoms with Crippen LogP contribution in [0.2, 0.25) is 0 Å². The first kappa shape index (κ1) is 11.7. The molecule has 3 rings (SSSR count). The van der Waals surface area contributed by atoms with E-state index in [0.717, 1.165) is 5.52 Å². The summed E-state index contributed by atoms with van der Waals surface area (Å²) in [6.07, 6.45) is 2.37. The second kappa shape index (κ2) is 4.69. The number of benzene rings is 1. The maximum absolute atomic E-state index is 4.85. The third kappa shape index (κ3) is 2.01. The van der Waals surface area contributed by atoms with E-state index in [1.165, 1.54) is 23.9 Å². The average molecular weight is 240 g/mol. The molecule has 0 amide bonds. The monoisotopic (exact) mass is 240 g/mol. The minimum absolute atomic E-state index is 0.564. The summed E-state index contributed by atoms with van der Waals surface area (Å²) in [4.78, 5) is 4.85. The fraction of sp³-hybridized carbons (Fsp3) is 0.438. The Morgan fingerprint density at radius 2 is 2.06 bits per heavy atom. The van der Waals surface area contributed by atoms with Crippen molar-refractivity contribution in [1.82, 2.24) is 10.3 Å². The van der Waals surface area contributed by atoms with E-state index >= 15 is 0 Å². The lowest BCUT2D eigenvalue weighted by Crippen LogP contribution is -2.28. The van der Waals surface area contributed by atoms with Crippen molar-refractivity contribution in [3.8, 4) is 0 Å². The second-order valence-corrected chi connectivity index (χ2v) is 5.35. The molecule has 3 atom stereocenters. The lowest BCUT2D eigenvalue weighted by molar-refractivity contribution is 0.512. The molecule has 3 unspecified atom stereocenters. The number of aromatic nitrogens is 1. The van der Waals surface area contributed by atoms with Crippen molar-refractivity contribution >= 4 is 10.9 Å². The highest BCUT2D eigenvalue weighted by Gasteiger charge is 2.31. The molecule has 1 aromatic heterocycles. The van der Waals surface area contributed by atoms with Crippen molar-refractivity contribution in [3.05, 3.63) is 42.1 Å². The van der Waals surface area contributed by atoms with Crippen LogP contribution in [-0.4, -0.2) is 17.1 Å². The zero-order chi connectivity index (χ0) is 12.5. The summed E-state index contributed by atoms with van der Waals surface area (Å²) < 4.78 is 0. The van der Waals surface area contributed by atoms with Crippen molar-refractivity contribution < 1.29 is 0 Å². The molecule has 2 heteroatoms. The molecular formula is C16H20N2. The lowest BCUT2D eigenvalue weighted by atomic mass is 9.93. The summed E-state index contributed by atoms with van der Waals surface area (Å²) in [6, 6.07) is 13.9. The fourth-order valence-electron chi connectivity index (χ4n) is 3.11. The molecule has 18 heavy (non-hydrogen) atoms. The van der Waals surface area contributed by atoms with Gasteiger partial charge in [0.2, 0.25) is 0 Å². The number of hydrogen-bond acceptors (Lipinski definition) is 2. The van der Waals surface area contributed by atoms with Gasteiger partial charge in [-0.15, -0.1) is 0 Å². The van der Waals surface area contributed by atoms with Gasteiger partial charge in [0, 0.05) is 29.1 Å². The molecule has 0 bridgehead atoms. The van der Waals surface area contributed by atoms with Gasteiger partial charge >= 0.3 is 0 Å². The van der Waals surface area contributed by atoms with Crippen LogP contribution in [0.3, 0.4) is 0 Å². The summed E-state index contributed by atoms with van der Waals surface area (Å²) in [5, 5.41) is 4.89. The highest BCUT2D eigenvalue weighted by atomic mass is 15.0. The lowest BCUT2D eigenvalue weighted by Gasteiger charge is -2.17. The number of rotatable bonds is 2. The number of nitrogens with one attached hydrogen (secondary N) is 1. The van der Waals surface area contributed by atoms with Gasteiger partial charge < -0.3 is 5.32 Å². The topological polar surface area (TPSA) is 24.9 Å². The Labute approximate surface area is 108 Å². The van der Waals surface area contributed by atoms with Crippen molar-refractivity contribution in [3.63, 3.8) is 0 Å². The molecule has 0 spiro atoms. The van der Waals surface area contributed by atoms with Crippen molar-refractivity contribution in [2.24, 2.45) is 0 Å². The van der Waals surface area contributed by atoms with Crippen LogP contribution in [-0.2, 0) is 0 Å². The zero-order valence-corrected chi connectivity index (χ0v) is 11.1. The molecule has 2 aromatic rings. The third-order valence-electron chi connectivity index (χ3n) is 4.03. The quantitative estimate of drug-likeness (QED) is 0.869. The molecule has 2 heterocycles. The van der Waals surface area contributed by atoms with E-state index in [1.807, 2.05) is 0 Å². The highest BCUT2D eigenvalue weighted by Crippen LogP contribution is 2.32. The van der Waals surface area contributed by atoms with E-state index in [-0.39, 0.29) is 0 Å². The van der Waals surface area contributed by atoms with Gasteiger partial charge in [-0.05, 0) is 31.9 Å². The summed E-state index contributed by atoms with van der Waals surface area (Å²) in [5.41, 5.74) is 2.36. The number of pyridine rings is 1. The summed E-state index contributed by atoms with van der Waals surface area (Å²) >= 11 is 0. The summed E-state index contributed by atoms with van der Waals surface area (Å²) in [7, 11) is 0. The first-order chi connectivity index (χ1) is 8.78. The Kier molecular flexibility index (Phi) is 3.04. The Hall–Kier alpha value is -1.41. The molecule has 1 saturated heterocycles. The Bertz CT molecular complexity index is 550. The first-order valence-electron chi connectivity index (χ1n) is 6.89. The van der Waals surface area contributed by atoms with Crippen molar-refractivity contribution in [2.75, 3.05) is 0 Å². The minimum Gasteiger partial charge on any atom is -0.311 e. The van der Waals surface area contributed by atoms with E-state index < -0.39 is 0 Å². The van der Waals surface area contributed by atoms with Crippen LogP contribution in [0, 0.1) is 0 Å². The molecule has 1 fully saturated rings. The van der Waals surface area contributed by atoms with Gasteiger partial charge in [0.25, 0.3) is 0 Å². The Morgan fingerprint density at radius 1 is 1.22 bits per heavy atom. The van der Waals surface area contributed by atoms with E-state index in [2.05, 4.69) is 55.6 Å². The molecule has 2 nitrogen and oxygen atoms in total. The predicted molar refractivity (Wildman–Crippen MR) is 75.8 cm³/mol. The Balaban J connectivity index is 1.98. The molecule has 94 valence electrons. The van der Waals surface area contributed by atoms with Gasteiger partial charge in [-0.25, -0.2) is 0 Å². The van der Waals surface area contributed by atoms with Gasteiger partial charge in [-0.3, -0.25) is 4.98 Å². The average Bonchev–Trinajstić information content (AvgIpc) is 2.79. The van der Waals surface area contributed by atoms with Gasteiger partial charge in [-0.1, -0.05) is 31.2 Å². The van der Waals surface area contributed by atoms with Crippen molar-refractivity contribution in [1.29, 1.82) is 0 Å². The van der Waals surface area contributed by atoms with Gasteiger partial charge in [-0.2, -0.15) is 0 Å². The standard InChI is InChI=1S/C16H20N2/c1-3-14-13(10-11(2)17-14)16-9-8-12-6-4-5-7-15(12)18-16/h4-9,11,13-14,17H,3,10H2,1-2H3. The van der Waals surface area contributed by atoms with Gasteiger partial charge in [0.15, 0.2) is 0 Å². The van der Waals surface area contributed by atoms with Crippen molar-refractivity contribution in [2.45, 2.75) is 44.7 Å². The molecule has 0 aliphatic carbocycles. The number of para-hydroxylation sites is 1. The van der Waals surface area contributed by atoms with Crippen LogP contribution in [0.25, 0.3) is 10.9 Å². The maximum Gasteiger partial charge on any atom is 0.0705 e. The minimum atomic E-state index is 0.564. The third-order valence-corrected chi connectivity index (χ3v) is 4.03. The molecule has 1 aromatic carbocycles. The molecule has 0 saturated carbocycles. The van der Waals surface area contributed by atoms with Crippen LogP contribution < -0.4 is 5.32 Å². The molecule has 1 aliphatic heterocycles. The van der Waals surface area contributed by atoms with E-state index in [4.69, 9.17) is 4.98 Å². The van der Waals surface area contributed by atoms with Crippen LogP contribution in [0.1, 0.15) is 38.3 Å². The number of fused-ring (bicyclic) bond motifs is 1. The van der Waals surface area contributed by atoms with Crippen LogP contribution in [0.4, 0.5) is 0 Å². The smallest absolute Gasteiger partial charge is 0.0705 e. The number of hydrogen-bond donors (Lipinski definition) is 1. The molecular weight excluding hydrogens is 220 g/mol. The van der Waals surface area contributed by atoms with E-state index in [9.17, 15) is 0 Å². The normalized spacial score (nSPS) is 27.8. The summed E-state index contributed by atoms with van der Waals surface area (Å²) in [5.74, 6) is 0.564. The van der Waals surface area contributed by atoms with Gasteiger partial charge in [0.1, 0.15) is 0 Å².